The lowest BCUT2D eigenvalue weighted by Gasteiger charge is -2.28. The van der Waals surface area contributed by atoms with E-state index in [1.165, 1.54) is 25.4 Å². The largest absolute Gasteiger partial charge is 0.494 e. The second-order valence-electron chi connectivity index (χ2n) is 12.1. The van der Waals surface area contributed by atoms with Crippen LogP contribution < -0.4 is 14.2 Å². The van der Waals surface area contributed by atoms with Crippen molar-refractivity contribution in [3.05, 3.63) is 76.1 Å². The van der Waals surface area contributed by atoms with E-state index in [0.717, 1.165) is 31.9 Å². The van der Waals surface area contributed by atoms with E-state index in [0.29, 0.717) is 57.7 Å². The van der Waals surface area contributed by atoms with Gasteiger partial charge in [-0.25, -0.2) is 14.2 Å². The summed E-state index contributed by atoms with van der Waals surface area (Å²) in [5.74, 6) is 0.241. The van der Waals surface area contributed by atoms with E-state index < -0.39 is 11.8 Å². The quantitative estimate of drug-likeness (QED) is 0.284. The number of benzene rings is 2. The minimum atomic E-state index is -1.18. The van der Waals surface area contributed by atoms with E-state index in [1.54, 1.807) is 31.2 Å². The molecule has 1 aliphatic carbocycles. The summed E-state index contributed by atoms with van der Waals surface area (Å²) in [6, 6.07) is 9.69. The molecule has 3 unspecified atom stereocenters. The van der Waals surface area contributed by atoms with Crippen molar-refractivity contribution in [1.82, 2.24) is 19.4 Å². The predicted molar refractivity (Wildman–Crippen MR) is 157 cm³/mol. The summed E-state index contributed by atoms with van der Waals surface area (Å²) in [5.41, 5.74) is 2.61. The van der Waals surface area contributed by atoms with Crippen LogP contribution in [0.4, 0.5) is 4.39 Å². The molecule has 3 aliphatic heterocycles. The molecule has 3 fully saturated rings. The molecule has 1 saturated carbocycles. The van der Waals surface area contributed by atoms with E-state index in [4.69, 9.17) is 35.5 Å². The minimum Gasteiger partial charge on any atom is -0.494 e. The molecule has 0 bridgehead atoms. The molecule has 0 spiro atoms. The Bertz CT molecular complexity index is 1800. The van der Waals surface area contributed by atoms with Crippen molar-refractivity contribution in [2.75, 3.05) is 26.8 Å². The Kier molecular flexibility index (Phi) is 6.30. The van der Waals surface area contributed by atoms with Crippen molar-refractivity contribution in [3.63, 3.8) is 0 Å². The highest BCUT2D eigenvalue weighted by Gasteiger charge is 2.59. The standard InChI is InChI=1S/C32H30ClFN4O6/c1-32(25-6-3-17(33)11-35-25)43-23-5-4-21(34)28(30(23)44-32)27-19-13-37(14-20(19)27)15-26-36-29-22(38(26)12-18-7-8-42-18)9-16(31(39)40)10-24(29)41-2/h3-6,9-11,18-20,27H,7-8,12-15H2,1-2H3,(H,39,40)/t18?,19-,20+,27?,32?. The molecule has 1 N–H and O–H groups in total. The first-order valence-corrected chi connectivity index (χ1v) is 15.1. The Hall–Kier alpha value is -3.93. The predicted octanol–water partition coefficient (Wildman–Crippen LogP) is 5.21. The van der Waals surface area contributed by atoms with Crippen molar-refractivity contribution in [2.24, 2.45) is 11.8 Å². The molecule has 228 valence electrons. The number of nitrogens with zero attached hydrogens (tertiary/aromatic N) is 4. The van der Waals surface area contributed by atoms with Crippen molar-refractivity contribution >= 4 is 28.6 Å². The van der Waals surface area contributed by atoms with Gasteiger partial charge in [0.2, 0.25) is 0 Å². The lowest BCUT2D eigenvalue weighted by molar-refractivity contribution is -0.0721. The summed E-state index contributed by atoms with van der Waals surface area (Å²) < 4.78 is 41.2. The lowest BCUT2D eigenvalue weighted by atomic mass is 10.0. The molecular formula is C32H30ClFN4O6. The fourth-order valence-electron chi connectivity index (χ4n) is 7.07. The Morgan fingerprint density at radius 3 is 2.66 bits per heavy atom. The molecule has 44 heavy (non-hydrogen) atoms. The van der Waals surface area contributed by atoms with Gasteiger partial charge in [-0.3, -0.25) is 9.88 Å². The van der Waals surface area contributed by atoms with Gasteiger partial charge in [-0.1, -0.05) is 11.6 Å². The number of halogens is 2. The summed E-state index contributed by atoms with van der Waals surface area (Å²) >= 11 is 6.02. The highest BCUT2D eigenvalue weighted by atomic mass is 35.5. The van der Waals surface area contributed by atoms with Gasteiger partial charge < -0.3 is 28.6 Å². The molecule has 5 atom stereocenters. The first-order chi connectivity index (χ1) is 21.2. The molecule has 2 saturated heterocycles. The third-order valence-electron chi connectivity index (χ3n) is 9.41. The maximum Gasteiger partial charge on any atom is 0.335 e. The van der Waals surface area contributed by atoms with Crippen LogP contribution in [0.25, 0.3) is 11.0 Å². The third-order valence-corrected chi connectivity index (χ3v) is 9.64. The van der Waals surface area contributed by atoms with Crippen LogP contribution in [0.1, 0.15) is 46.7 Å². The first kappa shape index (κ1) is 27.6. The van der Waals surface area contributed by atoms with Crippen LogP contribution in [0.5, 0.6) is 17.2 Å². The molecule has 8 rings (SSSR count). The fourth-order valence-corrected chi connectivity index (χ4v) is 7.18. The first-order valence-electron chi connectivity index (χ1n) is 14.7. The third kappa shape index (κ3) is 4.40. The number of aromatic carboxylic acids is 1. The van der Waals surface area contributed by atoms with Crippen LogP contribution >= 0.6 is 11.6 Å². The summed E-state index contributed by atoms with van der Waals surface area (Å²) in [6.45, 7) is 5.20. The van der Waals surface area contributed by atoms with Crippen LogP contribution in [0.2, 0.25) is 5.02 Å². The number of fused-ring (bicyclic) bond motifs is 3. The van der Waals surface area contributed by atoms with Crippen molar-refractivity contribution in [2.45, 2.75) is 44.2 Å². The SMILES string of the molecule is COc1cc(C(=O)O)cc2c1nc(CN1C[C@@H]3C(c4c(F)ccc5c4OC(C)(c4ccc(Cl)cn4)O5)[C@@H]3C1)n2CC1CCO1. The van der Waals surface area contributed by atoms with E-state index in [-0.39, 0.29) is 35.2 Å². The average molecular weight is 621 g/mol. The number of methoxy groups -OCH3 is 1. The topological polar surface area (TPSA) is 108 Å². The number of ether oxygens (including phenoxy) is 4. The number of aromatic nitrogens is 3. The monoisotopic (exact) mass is 620 g/mol. The smallest absolute Gasteiger partial charge is 0.335 e. The molecule has 0 amide bonds. The van der Waals surface area contributed by atoms with Gasteiger partial charge in [-0.15, -0.1) is 0 Å². The number of hydrogen-bond donors (Lipinski definition) is 1. The lowest BCUT2D eigenvalue weighted by Crippen LogP contribution is -2.33. The van der Waals surface area contributed by atoms with Gasteiger partial charge in [0.15, 0.2) is 11.5 Å². The van der Waals surface area contributed by atoms with Crippen LogP contribution in [0.15, 0.2) is 42.6 Å². The number of pyridine rings is 1. The van der Waals surface area contributed by atoms with E-state index in [1.807, 2.05) is 0 Å². The number of carbonyl (C=O) groups is 1. The van der Waals surface area contributed by atoms with E-state index >= 15 is 4.39 Å². The summed E-state index contributed by atoms with van der Waals surface area (Å²) in [7, 11) is 1.52. The van der Waals surface area contributed by atoms with Crippen molar-refractivity contribution in [3.8, 4) is 17.2 Å². The Morgan fingerprint density at radius 1 is 1.20 bits per heavy atom. The zero-order valence-electron chi connectivity index (χ0n) is 24.1. The normalized spacial score (nSPS) is 26.9. The maximum atomic E-state index is 15.4. The second-order valence-corrected chi connectivity index (χ2v) is 12.6. The zero-order chi connectivity index (χ0) is 30.3. The number of carboxylic acid groups (broad SMARTS) is 1. The fraction of sp³-hybridized carbons (Fsp3) is 0.406. The maximum absolute atomic E-state index is 15.4. The molecule has 10 nitrogen and oxygen atoms in total. The molecule has 0 radical (unpaired) electrons. The van der Waals surface area contributed by atoms with Crippen molar-refractivity contribution in [1.29, 1.82) is 0 Å². The highest BCUT2D eigenvalue weighted by molar-refractivity contribution is 6.30. The van der Waals surface area contributed by atoms with E-state index in [2.05, 4.69) is 14.5 Å². The van der Waals surface area contributed by atoms with Gasteiger partial charge in [0, 0.05) is 38.4 Å². The highest BCUT2D eigenvalue weighted by Crippen LogP contribution is 2.63. The summed E-state index contributed by atoms with van der Waals surface area (Å²) in [6.07, 6.45) is 2.53. The van der Waals surface area contributed by atoms with Gasteiger partial charge in [0.05, 0.1) is 42.4 Å². The Balaban J connectivity index is 1.04. The molecule has 12 heteroatoms. The summed E-state index contributed by atoms with van der Waals surface area (Å²) in [4.78, 5) is 23.5. The van der Waals surface area contributed by atoms with Crippen LogP contribution in [0, 0.1) is 17.7 Å². The van der Waals surface area contributed by atoms with Gasteiger partial charge >= 0.3 is 5.97 Å². The molecule has 4 aliphatic rings. The number of imidazole rings is 1. The van der Waals surface area contributed by atoms with Crippen molar-refractivity contribution < 1.29 is 33.2 Å². The molecule has 2 aromatic heterocycles. The van der Waals surface area contributed by atoms with Gasteiger partial charge in [-0.2, -0.15) is 0 Å². The van der Waals surface area contributed by atoms with Gasteiger partial charge in [0.1, 0.15) is 28.6 Å². The van der Waals surface area contributed by atoms with E-state index in [9.17, 15) is 9.90 Å². The number of hydrogen-bond acceptors (Lipinski definition) is 8. The average Bonchev–Trinajstić information content (AvgIpc) is 3.28. The molecule has 5 heterocycles. The zero-order valence-corrected chi connectivity index (χ0v) is 24.9. The Labute approximate surface area is 257 Å². The Morgan fingerprint density at radius 2 is 2.00 bits per heavy atom. The van der Waals surface area contributed by atoms with Gasteiger partial charge in [-0.05, 0) is 60.6 Å². The number of likely N-dealkylation sites (tertiary alicyclic amines) is 1. The number of piperidine rings is 1. The second kappa shape index (κ2) is 10.0. The van der Waals surface area contributed by atoms with Gasteiger partial charge in [0.25, 0.3) is 5.79 Å². The number of rotatable bonds is 8. The number of carboxylic acids is 1. The molecule has 2 aromatic carbocycles. The minimum absolute atomic E-state index is 0.0192. The summed E-state index contributed by atoms with van der Waals surface area (Å²) in [5, 5.41) is 10.2. The van der Waals surface area contributed by atoms with Crippen LogP contribution in [-0.2, 0) is 23.6 Å². The van der Waals surface area contributed by atoms with Crippen LogP contribution in [-0.4, -0.2) is 63.4 Å². The molecular weight excluding hydrogens is 591 g/mol. The van der Waals surface area contributed by atoms with Crippen LogP contribution in [0.3, 0.4) is 0 Å². The molecule has 4 aromatic rings.